The summed E-state index contributed by atoms with van der Waals surface area (Å²) in [5.41, 5.74) is 5.16. The summed E-state index contributed by atoms with van der Waals surface area (Å²) < 4.78 is 0.591. The van der Waals surface area contributed by atoms with Gasteiger partial charge in [-0.2, -0.15) is 0 Å². The van der Waals surface area contributed by atoms with E-state index in [2.05, 4.69) is 25.9 Å². The summed E-state index contributed by atoms with van der Waals surface area (Å²) in [6.07, 6.45) is 1.67. The number of primary amides is 1. The van der Waals surface area contributed by atoms with Crippen LogP contribution in [-0.2, 0) is 9.59 Å². The fraction of sp³-hybridized carbons (Fsp3) is 0.333. The van der Waals surface area contributed by atoms with Gasteiger partial charge in [-0.1, -0.05) is 0 Å². The molecule has 0 bridgehead atoms. The van der Waals surface area contributed by atoms with Crippen LogP contribution in [0.15, 0.2) is 16.9 Å². The zero-order chi connectivity index (χ0) is 11.7. The number of anilines is 1. The van der Waals surface area contributed by atoms with Crippen LogP contribution in [0, 0.1) is 5.92 Å². The van der Waals surface area contributed by atoms with Crippen LogP contribution in [0.5, 0.6) is 0 Å². The number of nitrogens with zero attached hydrogens (tertiary/aromatic N) is 3. The molecule has 2 rings (SSSR count). The van der Waals surface area contributed by atoms with Crippen LogP contribution >= 0.6 is 15.9 Å². The van der Waals surface area contributed by atoms with Crippen molar-refractivity contribution < 1.29 is 9.59 Å². The molecule has 0 spiro atoms. The number of rotatable bonds is 2. The molecule has 2 N–H and O–H groups in total. The average molecular weight is 285 g/mol. The second kappa shape index (κ2) is 4.17. The highest BCUT2D eigenvalue weighted by Crippen LogP contribution is 2.22. The van der Waals surface area contributed by atoms with Crippen LogP contribution in [-0.4, -0.2) is 28.3 Å². The number of hydrogen-bond donors (Lipinski definition) is 1. The van der Waals surface area contributed by atoms with Gasteiger partial charge in [0.1, 0.15) is 4.60 Å². The van der Waals surface area contributed by atoms with Crippen molar-refractivity contribution in [3.05, 3.63) is 16.9 Å². The van der Waals surface area contributed by atoms with Gasteiger partial charge in [-0.05, 0) is 22.0 Å². The Balaban J connectivity index is 2.23. The first kappa shape index (κ1) is 11.0. The van der Waals surface area contributed by atoms with Crippen molar-refractivity contribution in [1.82, 2.24) is 9.97 Å². The summed E-state index contributed by atoms with van der Waals surface area (Å²) in [4.78, 5) is 32.0. The fourth-order valence-electron chi connectivity index (χ4n) is 1.55. The lowest BCUT2D eigenvalue weighted by Gasteiger charge is -2.13. The van der Waals surface area contributed by atoms with Crippen LogP contribution in [0.2, 0.25) is 0 Å². The van der Waals surface area contributed by atoms with E-state index < -0.39 is 11.8 Å². The highest BCUT2D eigenvalue weighted by Gasteiger charge is 2.35. The lowest BCUT2D eigenvalue weighted by atomic mass is 10.1. The zero-order valence-corrected chi connectivity index (χ0v) is 9.85. The summed E-state index contributed by atoms with van der Waals surface area (Å²) in [7, 11) is 0. The second-order valence-corrected chi connectivity index (χ2v) is 4.30. The van der Waals surface area contributed by atoms with Crippen molar-refractivity contribution >= 4 is 33.7 Å². The molecule has 1 aliphatic heterocycles. The highest BCUT2D eigenvalue weighted by atomic mass is 79.9. The quantitative estimate of drug-likeness (QED) is 0.779. The molecule has 84 valence electrons. The van der Waals surface area contributed by atoms with E-state index in [4.69, 9.17) is 5.73 Å². The maximum atomic E-state index is 11.6. The van der Waals surface area contributed by atoms with E-state index in [9.17, 15) is 9.59 Å². The second-order valence-electron chi connectivity index (χ2n) is 3.49. The molecule has 2 amide bonds. The molecule has 1 aromatic rings. The molecule has 0 radical (unpaired) electrons. The van der Waals surface area contributed by atoms with Gasteiger partial charge in [0.15, 0.2) is 0 Å². The maximum Gasteiger partial charge on any atom is 0.233 e. The normalized spacial score (nSPS) is 20.2. The largest absolute Gasteiger partial charge is 0.369 e. The molecule has 1 unspecified atom stereocenters. The first-order valence-electron chi connectivity index (χ1n) is 4.66. The predicted octanol–water partition coefficient (Wildman–Crippen LogP) is 0.0773. The van der Waals surface area contributed by atoms with Gasteiger partial charge in [0.05, 0.1) is 5.92 Å². The van der Waals surface area contributed by atoms with Gasteiger partial charge in [-0.25, -0.2) is 9.97 Å². The average Bonchev–Trinajstić information content (AvgIpc) is 2.60. The van der Waals surface area contributed by atoms with Gasteiger partial charge in [-0.3, -0.25) is 14.5 Å². The number of carbonyl (C=O) groups is 2. The summed E-state index contributed by atoms with van der Waals surface area (Å²) in [5.74, 6) is -0.800. The fourth-order valence-corrected chi connectivity index (χ4v) is 1.83. The van der Waals surface area contributed by atoms with Crippen LogP contribution in [0.3, 0.4) is 0 Å². The van der Waals surface area contributed by atoms with E-state index in [0.717, 1.165) is 0 Å². The molecule has 0 aromatic carbocycles. The van der Waals surface area contributed by atoms with Gasteiger partial charge in [0.25, 0.3) is 0 Å². The minimum absolute atomic E-state index is 0.130. The smallest absolute Gasteiger partial charge is 0.233 e. The van der Waals surface area contributed by atoms with E-state index in [-0.39, 0.29) is 18.9 Å². The molecule has 1 aromatic heterocycles. The van der Waals surface area contributed by atoms with Gasteiger partial charge in [-0.15, -0.1) is 0 Å². The van der Waals surface area contributed by atoms with E-state index in [1.807, 2.05) is 0 Å². The summed E-state index contributed by atoms with van der Waals surface area (Å²) in [6.45, 7) is 0.255. The topological polar surface area (TPSA) is 89.2 Å². The molecule has 0 saturated carbocycles. The van der Waals surface area contributed by atoms with Crippen LogP contribution in [0.4, 0.5) is 5.95 Å². The summed E-state index contributed by atoms with van der Waals surface area (Å²) in [5, 5.41) is 0. The Morgan fingerprint density at radius 3 is 2.94 bits per heavy atom. The molecule has 6 nitrogen and oxygen atoms in total. The first-order chi connectivity index (χ1) is 7.58. The third kappa shape index (κ3) is 2.04. The molecule has 1 saturated heterocycles. The monoisotopic (exact) mass is 284 g/mol. The molecule has 0 aliphatic carbocycles. The summed E-state index contributed by atoms with van der Waals surface area (Å²) >= 11 is 3.19. The van der Waals surface area contributed by atoms with Gasteiger partial charge in [0.2, 0.25) is 17.8 Å². The van der Waals surface area contributed by atoms with Crippen LogP contribution in [0.25, 0.3) is 0 Å². The zero-order valence-electron chi connectivity index (χ0n) is 8.26. The standard InChI is InChI=1S/C9H9BrN4O2/c10-6-1-2-12-9(13-6)14-4-5(8(11)16)3-7(14)15/h1-2,5H,3-4H2,(H2,11,16). The van der Waals surface area contributed by atoms with E-state index in [0.29, 0.717) is 10.6 Å². The van der Waals surface area contributed by atoms with Gasteiger partial charge >= 0.3 is 0 Å². The number of carbonyl (C=O) groups excluding carboxylic acids is 2. The minimum Gasteiger partial charge on any atom is -0.369 e. The molecular weight excluding hydrogens is 276 g/mol. The van der Waals surface area contributed by atoms with Gasteiger partial charge in [0, 0.05) is 19.2 Å². The minimum atomic E-state index is -0.467. The molecule has 1 atom stereocenters. The first-order valence-corrected chi connectivity index (χ1v) is 5.45. The number of amides is 2. The van der Waals surface area contributed by atoms with E-state index >= 15 is 0 Å². The highest BCUT2D eigenvalue weighted by molar-refractivity contribution is 9.10. The predicted molar refractivity (Wildman–Crippen MR) is 59.4 cm³/mol. The van der Waals surface area contributed by atoms with Crippen molar-refractivity contribution in [2.75, 3.05) is 11.4 Å². The Bertz CT molecular complexity index is 451. The Kier molecular flexibility index (Phi) is 2.86. The maximum absolute atomic E-state index is 11.6. The number of halogens is 1. The molecule has 1 aliphatic rings. The lowest BCUT2D eigenvalue weighted by Crippen LogP contribution is -2.29. The Labute approximate surface area is 100.0 Å². The Hall–Kier alpha value is -1.50. The van der Waals surface area contributed by atoms with Gasteiger partial charge < -0.3 is 5.73 Å². The third-order valence-electron chi connectivity index (χ3n) is 2.38. The SMILES string of the molecule is NC(=O)C1CC(=O)N(c2nccc(Br)n2)C1. The Morgan fingerprint density at radius 1 is 1.62 bits per heavy atom. The van der Waals surface area contributed by atoms with Crippen molar-refractivity contribution in [3.8, 4) is 0 Å². The molecule has 2 heterocycles. The van der Waals surface area contributed by atoms with Crippen LogP contribution in [0.1, 0.15) is 6.42 Å². The van der Waals surface area contributed by atoms with E-state index in [1.54, 1.807) is 6.07 Å². The molecule has 16 heavy (non-hydrogen) atoms. The van der Waals surface area contributed by atoms with Crippen molar-refractivity contribution in [2.24, 2.45) is 11.7 Å². The number of aromatic nitrogens is 2. The number of nitrogens with two attached hydrogens (primary N) is 1. The van der Waals surface area contributed by atoms with Crippen molar-refractivity contribution in [3.63, 3.8) is 0 Å². The summed E-state index contributed by atoms with van der Waals surface area (Å²) in [6, 6.07) is 1.66. The molecular formula is C9H9BrN4O2. The van der Waals surface area contributed by atoms with Crippen molar-refractivity contribution in [2.45, 2.75) is 6.42 Å². The lowest BCUT2D eigenvalue weighted by molar-refractivity contribution is -0.123. The molecule has 1 fully saturated rings. The third-order valence-corrected chi connectivity index (χ3v) is 2.82. The van der Waals surface area contributed by atoms with E-state index in [1.165, 1.54) is 11.1 Å². The molecule has 7 heteroatoms. The Morgan fingerprint density at radius 2 is 2.38 bits per heavy atom. The van der Waals surface area contributed by atoms with Crippen molar-refractivity contribution in [1.29, 1.82) is 0 Å². The number of hydrogen-bond acceptors (Lipinski definition) is 4. The van der Waals surface area contributed by atoms with Crippen LogP contribution < -0.4 is 10.6 Å².